The third kappa shape index (κ3) is 10.6. The monoisotopic (exact) mass is 372 g/mol. The molecule has 1 rings (SSSR count). The Labute approximate surface area is 159 Å². The molecule has 0 aliphatic carbocycles. The van der Waals surface area contributed by atoms with Gasteiger partial charge < -0.3 is 24.8 Å². The fourth-order valence-corrected chi connectivity index (χ4v) is 3.35. The quantitative estimate of drug-likeness (QED) is 0.269. The summed E-state index contributed by atoms with van der Waals surface area (Å²) in [6.07, 6.45) is 13.7. The maximum atomic E-state index is 9.92. The number of hydrogen-bond donors (Lipinski definition) is 3. The highest BCUT2D eigenvalue weighted by atomic mass is 16.5. The van der Waals surface area contributed by atoms with E-state index in [1.165, 1.54) is 57.8 Å². The molecule has 1 aliphatic heterocycles. The molecule has 1 saturated heterocycles. The summed E-state index contributed by atoms with van der Waals surface area (Å²) in [5.74, 6) is 0. The smallest absolute Gasteiger partial charge is 0.114 e. The van der Waals surface area contributed by atoms with Gasteiger partial charge in [-0.05, 0) is 19.3 Å². The van der Waals surface area contributed by atoms with Crippen molar-refractivity contribution in [1.29, 1.82) is 0 Å². The van der Waals surface area contributed by atoms with Gasteiger partial charge in [0.05, 0.1) is 13.2 Å². The van der Waals surface area contributed by atoms with E-state index in [0.717, 1.165) is 19.3 Å². The lowest BCUT2D eigenvalue weighted by Gasteiger charge is -2.20. The Morgan fingerprint density at radius 3 is 1.96 bits per heavy atom. The van der Waals surface area contributed by atoms with Gasteiger partial charge in [0.2, 0.25) is 0 Å². The summed E-state index contributed by atoms with van der Waals surface area (Å²) in [5, 5.41) is 29.0. The van der Waals surface area contributed by atoms with Crippen molar-refractivity contribution in [3.63, 3.8) is 0 Å². The number of aliphatic hydroxyl groups is 3. The Bertz CT molecular complexity index is 336. The third-order valence-electron chi connectivity index (χ3n) is 5.06. The fourth-order valence-electron chi connectivity index (χ4n) is 3.35. The van der Waals surface area contributed by atoms with E-state index in [1.54, 1.807) is 0 Å². The van der Waals surface area contributed by atoms with E-state index in [4.69, 9.17) is 9.47 Å². The van der Waals surface area contributed by atoms with Crippen LogP contribution in [0.1, 0.15) is 77.0 Å². The molecule has 0 aromatic carbocycles. The highest BCUT2D eigenvalue weighted by Gasteiger charge is 2.39. The van der Waals surface area contributed by atoms with Crippen molar-refractivity contribution in [2.75, 3.05) is 19.8 Å². The van der Waals surface area contributed by atoms with Gasteiger partial charge in [-0.15, -0.1) is 6.58 Å². The number of allylic oxidation sites excluding steroid dienone is 1. The van der Waals surface area contributed by atoms with Crippen molar-refractivity contribution < 1.29 is 24.8 Å². The molecule has 4 atom stereocenters. The van der Waals surface area contributed by atoms with Crippen LogP contribution in [0.4, 0.5) is 0 Å². The lowest BCUT2D eigenvalue weighted by molar-refractivity contribution is -0.0813. The van der Waals surface area contributed by atoms with Crippen molar-refractivity contribution in [2.24, 2.45) is 0 Å². The normalized spacial score (nSPS) is 24.0. The molecule has 0 saturated carbocycles. The molecular weight excluding hydrogens is 332 g/mol. The molecule has 0 unspecified atom stereocenters. The minimum absolute atomic E-state index is 0.0677. The molecule has 26 heavy (non-hydrogen) atoms. The van der Waals surface area contributed by atoms with Crippen LogP contribution in [0.25, 0.3) is 0 Å². The summed E-state index contributed by atoms with van der Waals surface area (Å²) in [7, 11) is 0. The lowest BCUT2D eigenvalue weighted by Crippen LogP contribution is -2.40. The second-order valence-corrected chi connectivity index (χ2v) is 7.46. The standard InChI is InChI=1S/C21H40O5/c1-2-3-4-5-6-7-8-9-10-11-12-13-14-15-25-16-19(23)21-20(24)18(22)17-26-21/h2,18-24H,1,3-17H2/t18-,19+,20+,21+/m0/s1. The molecule has 5 nitrogen and oxygen atoms in total. The zero-order chi connectivity index (χ0) is 19.0. The second-order valence-electron chi connectivity index (χ2n) is 7.46. The van der Waals surface area contributed by atoms with Crippen LogP contribution in [0.5, 0.6) is 0 Å². The van der Waals surface area contributed by atoms with Crippen molar-refractivity contribution >= 4 is 0 Å². The summed E-state index contributed by atoms with van der Waals surface area (Å²) >= 11 is 0. The van der Waals surface area contributed by atoms with Crippen molar-refractivity contribution in [3.05, 3.63) is 12.7 Å². The number of hydrogen-bond acceptors (Lipinski definition) is 5. The predicted molar refractivity (Wildman–Crippen MR) is 104 cm³/mol. The summed E-state index contributed by atoms with van der Waals surface area (Å²) in [5.41, 5.74) is 0. The van der Waals surface area contributed by atoms with Crippen molar-refractivity contribution in [3.8, 4) is 0 Å². The molecule has 1 fully saturated rings. The molecule has 0 amide bonds. The minimum Gasteiger partial charge on any atom is -0.388 e. The molecule has 0 aromatic rings. The van der Waals surface area contributed by atoms with Gasteiger partial charge in [-0.3, -0.25) is 0 Å². The van der Waals surface area contributed by atoms with Gasteiger partial charge in [-0.25, -0.2) is 0 Å². The summed E-state index contributed by atoms with van der Waals surface area (Å²) in [6, 6.07) is 0. The van der Waals surface area contributed by atoms with Gasteiger partial charge in [0, 0.05) is 6.61 Å². The van der Waals surface area contributed by atoms with E-state index >= 15 is 0 Å². The van der Waals surface area contributed by atoms with Crippen molar-refractivity contribution in [2.45, 2.75) is 101 Å². The Balaban J connectivity index is 1.79. The molecule has 5 heteroatoms. The molecular formula is C21H40O5. The number of unbranched alkanes of at least 4 members (excludes halogenated alkanes) is 11. The summed E-state index contributed by atoms with van der Waals surface area (Å²) in [6.45, 7) is 4.57. The first-order valence-corrected chi connectivity index (χ1v) is 10.5. The zero-order valence-corrected chi connectivity index (χ0v) is 16.4. The predicted octanol–water partition coefficient (Wildman–Crippen LogP) is 3.35. The molecule has 0 radical (unpaired) electrons. The first-order valence-electron chi connectivity index (χ1n) is 10.5. The van der Waals surface area contributed by atoms with Gasteiger partial charge >= 0.3 is 0 Å². The molecule has 1 heterocycles. The first kappa shape index (κ1) is 23.6. The number of rotatable bonds is 17. The van der Waals surface area contributed by atoms with Crippen LogP contribution in [0, 0.1) is 0 Å². The van der Waals surface area contributed by atoms with Gasteiger partial charge in [0.15, 0.2) is 0 Å². The van der Waals surface area contributed by atoms with E-state index in [1.807, 2.05) is 6.08 Å². The first-order chi connectivity index (χ1) is 12.7. The van der Waals surface area contributed by atoms with Crippen LogP contribution >= 0.6 is 0 Å². The van der Waals surface area contributed by atoms with E-state index in [2.05, 4.69) is 6.58 Å². The summed E-state index contributed by atoms with van der Waals surface area (Å²) < 4.78 is 10.6. The van der Waals surface area contributed by atoms with E-state index in [-0.39, 0.29) is 13.2 Å². The zero-order valence-electron chi connectivity index (χ0n) is 16.4. The molecule has 1 aliphatic rings. The maximum absolute atomic E-state index is 9.92. The molecule has 0 spiro atoms. The third-order valence-corrected chi connectivity index (χ3v) is 5.06. The summed E-state index contributed by atoms with van der Waals surface area (Å²) in [4.78, 5) is 0. The largest absolute Gasteiger partial charge is 0.388 e. The molecule has 154 valence electrons. The second kappa shape index (κ2) is 15.6. The Kier molecular flexibility index (Phi) is 14.1. The van der Waals surface area contributed by atoms with Gasteiger partial charge in [-0.2, -0.15) is 0 Å². The molecule has 0 bridgehead atoms. The van der Waals surface area contributed by atoms with E-state index in [9.17, 15) is 15.3 Å². The SMILES string of the molecule is C=CCCCCCCCCCCCCCOC[C@@H](O)[C@H]1OC[C@H](O)[C@H]1O. The maximum Gasteiger partial charge on any atom is 0.114 e. The highest BCUT2D eigenvalue weighted by Crippen LogP contribution is 2.18. The number of aliphatic hydroxyl groups excluding tert-OH is 3. The van der Waals surface area contributed by atoms with Crippen LogP contribution in [0.15, 0.2) is 12.7 Å². The van der Waals surface area contributed by atoms with Crippen LogP contribution in [-0.2, 0) is 9.47 Å². The molecule has 3 N–H and O–H groups in total. The average molecular weight is 373 g/mol. The van der Waals surface area contributed by atoms with Crippen LogP contribution < -0.4 is 0 Å². The minimum atomic E-state index is -1.03. The topological polar surface area (TPSA) is 79.2 Å². The lowest BCUT2D eigenvalue weighted by atomic mass is 10.1. The van der Waals surface area contributed by atoms with E-state index < -0.39 is 24.4 Å². The van der Waals surface area contributed by atoms with Gasteiger partial charge in [0.25, 0.3) is 0 Å². The van der Waals surface area contributed by atoms with Crippen LogP contribution in [0.2, 0.25) is 0 Å². The van der Waals surface area contributed by atoms with E-state index in [0.29, 0.717) is 6.61 Å². The average Bonchev–Trinajstić information content (AvgIpc) is 2.97. The fraction of sp³-hybridized carbons (Fsp3) is 0.905. The van der Waals surface area contributed by atoms with Crippen LogP contribution in [0.3, 0.4) is 0 Å². The Morgan fingerprint density at radius 2 is 1.46 bits per heavy atom. The number of ether oxygens (including phenoxy) is 2. The van der Waals surface area contributed by atoms with Crippen LogP contribution in [-0.4, -0.2) is 59.6 Å². The van der Waals surface area contributed by atoms with Gasteiger partial charge in [-0.1, -0.05) is 63.9 Å². The Hall–Kier alpha value is -0.460. The van der Waals surface area contributed by atoms with Crippen molar-refractivity contribution in [1.82, 2.24) is 0 Å². The molecule has 0 aromatic heterocycles. The Morgan fingerprint density at radius 1 is 0.923 bits per heavy atom. The van der Waals surface area contributed by atoms with Gasteiger partial charge in [0.1, 0.15) is 24.4 Å². The highest BCUT2D eigenvalue weighted by molar-refractivity contribution is 4.87.